The highest BCUT2D eigenvalue weighted by molar-refractivity contribution is 9.10. The Balaban J connectivity index is 1.74. The van der Waals surface area contributed by atoms with E-state index in [9.17, 15) is 15.8 Å². The second-order valence-electron chi connectivity index (χ2n) is 9.23. The van der Waals surface area contributed by atoms with Gasteiger partial charge in [0.15, 0.2) is 5.41 Å². The molecular formula is C29H23BrN6. The molecule has 2 atom stereocenters. The normalized spacial score (nSPS) is 20.4. The zero-order valence-electron chi connectivity index (χ0n) is 19.5. The van der Waals surface area contributed by atoms with Crippen molar-refractivity contribution in [1.82, 2.24) is 9.78 Å². The summed E-state index contributed by atoms with van der Waals surface area (Å²) in [6, 6.07) is 24.5. The van der Waals surface area contributed by atoms with Crippen molar-refractivity contribution in [3.05, 3.63) is 99.3 Å². The minimum Gasteiger partial charge on any atom is -0.399 e. The predicted octanol–water partition coefficient (Wildman–Crippen LogP) is 5.95. The van der Waals surface area contributed by atoms with E-state index in [1.807, 2.05) is 65.5 Å². The zero-order valence-corrected chi connectivity index (χ0v) is 21.1. The van der Waals surface area contributed by atoms with Gasteiger partial charge in [0.2, 0.25) is 0 Å². The van der Waals surface area contributed by atoms with Crippen molar-refractivity contribution in [2.75, 3.05) is 0 Å². The molecule has 1 aromatic heterocycles. The third-order valence-corrected chi connectivity index (χ3v) is 7.76. The molecule has 36 heavy (non-hydrogen) atoms. The lowest BCUT2D eigenvalue weighted by Crippen LogP contribution is -2.42. The number of hydrogen-bond acceptors (Lipinski definition) is 5. The van der Waals surface area contributed by atoms with Gasteiger partial charge in [-0.25, -0.2) is 0 Å². The van der Waals surface area contributed by atoms with Crippen LogP contribution in [0.1, 0.15) is 36.3 Å². The van der Waals surface area contributed by atoms with Gasteiger partial charge in [-0.15, -0.1) is 0 Å². The molecule has 0 aliphatic heterocycles. The summed E-state index contributed by atoms with van der Waals surface area (Å²) in [6.45, 7) is 0.536. The zero-order chi connectivity index (χ0) is 25.3. The molecule has 176 valence electrons. The van der Waals surface area contributed by atoms with Crippen molar-refractivity contribution in [3.63, 3.8) is 0 Å². The molecule has 1 heterocycles. The molecule has 0 bridgehead atoms. The molecular weight excluding hydrogens is 512 g/mol. The van der Waals surface area contributed by atoms with E-state index in [1.165, 1.54) is 0 Å². The summed E-state index contributed by atoms with van der Waals surface area (Å²) >= 11 is 3.48. The summed E-state index contributed by atoms with van der Waals surface area (Å²) in [7, 11) is 0. The number of fused-ring (bicyclic) bond motifs is 1. The molecule has 0 spiro atoms. The van der Waals surface area contributed by atoms with E-state index in [0.29, 0.717) is 6.54 Å². The molecule has 3 aromatic rings. The number of benzene rings is 2. The van der Waals surface area contributed by atoms with Gasteiger partial charge in [-0.05, 0) is 48.4 Å². The summed E-state index contributed by atoms with van der Waals surface area (Å²) in [5.74, 6) is -0.724. The third kappa shape index (κ3) is 3.81. The fraction of sp³-hybridized carbons (Fsp3) is 0.241. The first-order valence-corrected chi connectivity index (χ1v) is 12.6. The third-order valence-electron chi connectivity index (χ3n) is 7.23. The number of aromatic nitrogens is 2. The van der Waals surface area contributed by atoms with Crippen LogP contribution in [-0.2, 0) is 6.54 Å². The van der Waals surface area contributed by atoms with Gasteiger partial charge >= 0.3 is 0 Å². The van der Waals surface area contributed by atoms with Gasteiger partial charge in [0, 0.05) is 27.7 Å². The highest BCUT2D eigenvalue weighted by atomic mass is 79.9. The van der Waals surface area contributed by atoms with Gasteiger partial charge in [0.05, 0.1) is 35.6 Å². The Morgan fingerprint density at radius 1 is 1.06 bits per heavy atom. The van der Waals surface area contributed by atoms with Crippen LogP contribution in [0.25, 0.3) is 11.3 Å². The largest absolute Gasteiger partial charge is 0.399 e. The first-order valence-electron chi connectivity index (χ1n) is 11.8. The number of halogens is 1. The monoisotopic (exact) mass is 534 g/mol. The number of nitrogens with zero attached hydrogens (tertiary/aromatic N) is 5. The first-order chi connectivity index (χ1) is 17.5. The molecule has 7 heteroatoms. The van der Waals surface area contributed by atoms with Crippen LogP contribution in [0.2, 0.25) is 0 Å². The van der Waals surface area contributed by atoms with Crippen molar-refractivity contribution < 1.29 is 0 Å². The van der Waals surface area contributed by atoms with Crippen LogP contribution in [-0.4, -0.2) is 9.78 Å². The standard InChI is InChI=1S/C29H23BrN6/c30-21-12-10-19(11-13-21)15-36-16-25(27(35-36)20-6-2-1-3-7-20)26-23-9-5-4-8-22(23)24(14-31)28(34)29(26,17-32)18-33/h1-3,6-8,10-13,16,23,26H,4-5,9,15,34H2/t23-,26+/m0/s1. The van der Waals surface area contributed by atoms with Crippen molar-refractivity contribution in [3.8, 4) is 29.5 Å². The Morgan fingerprint density at radius 2 is 1.78 bits per heavy atom. The Hall–Kier alpha value is -4.12. The van der Waals surface area contributed by atoms with Crippen LogP contribution in [0, 0.1) is 45.3 Å². The number of allylic oxidation sites excluding steroid dienone is 4. The summed E-state index contributed by atoms with van der Waals surface area (Å²) in [4.78, 5) is 0. The molecule has 0 amide bonds. The van der Waals surface area contributed by atoms with Crippen LogP contribution in [0.4, 0.5) is 0 Å². The maximum atomic E-state index is 10.4. The molecule has 0 saturated heterocycles. The molecule has 2 aliphatic rings. The lowest BCUT2D eigenvalue weighted by molar-refractivity contribution is 0.318. The molecule has 0 radical (unpaired) electrons. The van der Waals surface area contributed by atoms with Crippen molar-refractivity contribution in [1.29, 1.82) is 15.8 Å². The number of hydrogen-bond donors (Lipinski definition) is 1. The van der Waals surface area contributed by atoms with Gasteiger partial charge in [-0.3, -0.25) is 4.68 Å². The molecule has 5 rings (SSSR count). The van der Waals surface area contributed by atoms with Crippen molar-refractivity contribution in [2.45, 2.75) is 31.7 Å². The Kier molecular flexibility index (Phi) is 6.23. The van der Waals surface area contributed by atoms with Crippen molar-refractivity contribution in [2.24, 2.45) is 17.1 Å². The summed E-state index contributed by atoms with van der Waals surface area (Å²) < 4.78 is 2.87. The average Bonchev–Trinajstić information content (AvgIpc) is 3.33. The number of nitriles is 3. The van der Waals surface area contributed by atoms with Crippen molar-refractivity contribution >= 4 is 15.9 Å². The maximum absolute atomic E-state index is 10.4. The predicted molar refractivity (Wildman–Crippen MR) is 140 cm³/mol. The van der Waals surface area contributed by atoms with E-state index in [2.05, 4.69) is 40.2 Å². The fourth-order valence-electron chi connectivity index (χ4n) is 5.56. The second kappa shape index (κ2) is 9.50. The van der Waals surface area contributed by atoms with E-state index in [-0.39, 0.29) is 17.2 Å². The van der Waals surface area contributed by atoms with E-state index in [1.54, 1.807) is 0 Å². The van der Waals surface area contributed by atoms with Crippen LogP contribution >= 0.6 is 15.9 Å². The molecule has 0 saturated carbocycles. The molecule has 2 aromatic carbocycles. The molecule has 0 fully saturated rings. The molecule has 6 nitrogen and oxygen atoms in total. The molecule has 0 unspecified atom stereocenters. The van der Waals surface area contributed by atoms with E-state index < -0.39 is 11.3 Å². The number of nitrogens with two attached hydrogens (primary N) is 1. The average molecular weight is 535 g/mol. The van der Waals surface area contributed by atoms with E-state index in [0.717, 1.165) is 51.7 Å². The second-order valence-corrected chi connectivity index (χ2v) is 10.1. The smallest absolute Gasteiger partial charge is 0.191 e. The number of rotatable bonds is 4. The van der Waals surface area contributed by atoms with Crippen LogP contribution in [0.5, 0.6) is 0 Å². The lowest BCUT2D eigenvalue weighted by atomic mass is 9.56. The maximum Gasteiger partial charge on any atom is 0.191 e. The van der Waals surface area contributed by atoms with Gasteiger partial charge in [0.1, 0.15) is 6.07 Å². The minimum absolute atomic E-state index is 0.0454. The van der Waals surface area contributed by atoms with E-state index >= 15 is 0 Å². The quantitative estimate of drug-likeness (QED) is 0.443. The Morgan fingerprint density at radius 3 is 2.44 bits per heavy atom. The SMILES string of the molecule is N#CC1=C(N)C(C#N)(C#N)[C@@H](c2cn(Cc3ccc(Br)cc3)nc2-c2ccccc2)[C@H]2CCCC=C12. The first kappa shape index (κ1) is 23.6. The molecule has 2 aliphatic carbocycles. The van der Waals surface area contributed by atoms with Gasteiger partial charge in [-0.2, -0.15) is 20.9 Å². The summed E-state index contributed by atoms with van der Waals surface area (Å²) in [6.07, 6.45) is 6.54. The highest BCUT2D eigenvalue weighted by Crippen LogP contribution is 2.57. The summed E-state index contributed by atoms with van der Waals surface area (Å²) in [5, 5.41) is 35.7. The Bertz CT molecular complexity index is 1480. The highest BCUT2D eigenvalue weighted by Gasteiger charge is 2.54. The van der Waals surface area contributed by atoms with Gasteiger partial charge < -0.3 is 5.73 Å². The molecule has 2 N–H and O–H groups in total. The van der Waals surface area contributed by atoms with E-state index in [4.69, 9.17) is 10.8 Å². The van der Waals surface area contributed by atoms with Gasteiger partial charge in [0.25, 0.3) is 0 Å². The fourth-order valence-corrected chi connectivity index (χ4v) is 5.82. The minimum atomic E-state index is -1.67. The van der Waals surface area contributed by atoms with Crippen LogP contribution in [0.15, 0.2) is 88.2 Å². The lowest BCUT2D eigenvalue weighted by Gasteiger charge is -2.43. The van der Waals surface area contributed by atoms with Crippen LogP contribution < -0.4 is 5.73 Å². The van der Waals surface area contributed by atoms with Crippen LogP contribution in [0.3, 0.4) is 0 Å². The summed E-state index contributed by atoms with van der Waals surface area (Å²) in [5.41, 5.74) is 9.52. The Labute approximate surface area is 218 Å². The topological polar surface area (TPSA) is 115 Å². The van der Waals surface area contributed by atoms with Gasteiger partial charge in [-0.1, -0.05) is 64.5 Å².